The van der Waals surface area contributed by atoms with Crippen molar-refractivity contribution in [3.05, 3.63) is 44.7 Å². The van der Waals surface area contributed by atoms with E-state index >= 15 is 0 Å². The molecule has 0 spiro atoms. The highest BCUT2D eigenvalue weighted by Crippen LogP contribution is 2.45. The zero-order valence-corrected chi connectivity index (χ0v) is 18.0. The molecule has 1 aromatic heterocycles. The number of aliphatic hydroxyl groups is 1. The number of aliphatic hydroxyl groups excluding tert-OH is 1. The van der Waals surface area contributed by atoms with Gasteiger partial charge in [-0.05, 0) is 58.6 Å². The zero-order chi connectivity index (χ0) is 20.8. The van der Waals surface area contributed by atoms with Crippen LogP contribution in [0.4, 0.5) is 0 Å². The van der Waals surface area contributed by atoms with E-state index in [-0.39, 0.29) is 25.6 Å². The Morgan fingerprint density at radius 2 is 2.03 bits per heavy atom. The van der Waals surface area contributed by atoms with Gasteiger partial charge in [0.15, 0.2) is 23.0 Å². The van der Waals surface area contributed by atoms with Gasteiger partial charge in [0.1, 0.15) is 6.61 Å². The van der Waals surface area contributed by atoms with E-state index in [4.69, 9.17) is 18.9 Å². The molecule has 8 heteroatoms. The number of aromatic nitrogens is 1. The molecule has 0 fully saturated rings. The number of aryl methyl sites for hydroxylation is 1. The number of fused-ring (bicyclic) bond motifs is 5. The number of hydrogen-bond donors (Lipinski definition) is 1. The first kappa shape index (κ1) is 19.3. The number of pyridine rings is 1. The van der Waals surface area contributed by atoms with Gasteiger partial charge in [0.05, 0.1) is 29.3 Å². The van der Waals surface area contributed by atoms with Crippen LogP contribution in [-0.2, 0) is 13.0 Å². The molecule has 2 aliphatic heterocycles. The second-order valence-corrected chi connectivity index (χ2v) is 7.97. The Hall–Kier alpha value is -2.71. The predicted molar refractivity (Wildman–Crippen MR) is 115 cm³/mol. The van der Waals surface area contributed by atoms with Crippen molar-refractivity contribution in [2.45, 2.75) is 19.4 Å². The van der Waals surface area contributed by atoms with Gasteiger partial charge in [-0.15, -0.1) is 0 Å². The maximum absolute atomic E-state index is 13.7. The van der Waals surface area contributed by atoms with E-state index in [0.717, 1.165) is 45.3 Å². The van der Waals surface area contributed by atoms with Crippen LogP contribution in [0.5, 0.6) is 23.0 Å². The molecule has 5 rings (SSSR count). The second-order valence-electron chi connectivity index (χ2n) is 7.18. The maximum Gasteiger partial charge on any atom is 0.262 e. The average molecular weight is 474 g/mol. The zero-order valence-electron chi connectivity index (χ0n) is 16.4. The molecule has 0 atom stereocenters. The predicted octanol–water partition coefficient (Wildman–Crippen LogP) is 3.49. The first-order chi connectivity index (χ1) is 14.6. The number of nitrogens with zero attached hydrogens (tertiary/aromatic N) is 1. The van der Waals surface area contributed by atoms with Gasteiger partial charge < -0.3 is 28.6 Å². The summed E-state index contributed by atoms with van der Waals surface area (Å²) < 4.78 is 24.9. The van der Waals surface area contributed by atoms with Gasteiger partial charge in [-0.3, -0.25) is 4.79 Å². The molecule has 7 nitrogen and oxygen atoms in total. The van der Waals surface area contributed by atoms with Gasteiger partial charge in [-0.25, -0.2) is 0 Å². The van der Waals surface area contributed by atoms with Gasteiger partial charge in [0.25, 0.3) is 5.56 Å². The summed E-state index contributed by atoms with van der Waals surface area (Å²) in [4.78, 5) is 13.7. The first-order valence-corrected chi connectivity index (χ1v) is 10.5. The van der Waals surface area contributed by atoms with E-state index in [1.54, 1.807) is 10.6 Å². The molecule has 0 aliphatic carbocycles. The summed E-state index contributed by atoms with van der Waals surface area (Å²) in [6.07, 6.45) is 1.64. The summed E-state index contributed by atoms with van der Waals surface area (Å²) in [5.41, 5.74) is 2.74. The fourth-order valence-corrected chi connectivity index (χ4v) is 4.97. The number of halogens is 1. The number of methoxy groups -OCH3 is 1. The molecular formula is C22H20BrNO6. The number of benzene rings is 2. The third kappa shape index (κ3) is 2.86. The largest absolute Gasteiger partial charge is 0.493 e. The van der Waals surface area contributed by atoms with E-state index < -0.39 is 0 Å². The monoisotopic (exact) mass is 473 g/mol. The molecule has 2 aromatic carbocycles. The van der Waals surface area contributed by atoms with Crippen LogP contribution in [0.1, 0.15) is 12.0 Å². The lowest BCUT2D eigenvalue weighted by Gasteiger charge is -2.19. The van der Waals surface area contributed by atoms with Crippen LogP contribution in [-0.4, -0.2) is 36.8 Å². The Kier molecular flexibility index (Phi) is 4.83. The fraction of sp³-hybridized carbons (Fsp3) is 0.318. The number of hydrogen-bond acceptors (Lipinski definition) is 6. The highest BCUT2D eigenvalue weighted by molar-refractivity contribution is 9.10. The third-order valence-electron chi connectivity index (χ3n) is 5.53. The minimum absolute atomic E-state index is 0.0700. The minimum atomic E-state index is -0.159. The first-order valence-electron chi connectivity index (χ1n) is 9.73. The lowest BCUT2D eigenvalue weighted by molar-refractivity contribution is 0.174. The van der Waals surface area contributed by atoms with E-state index in [0.29, 0.717) is 29.2 Å². The van der Waals surface area contributed by atoms with Crippen LogP contribution in [0.2, 0.25) is 0 Å². The van der Waals surface area contributed by atoms with E-state index in [2.05, 4.69) is 15.9 Å². The summed E-state index contributed by atoms with van der Waals surface area (Å²) in [5.74, 6) is 2.23. The van der Waals surface area contributed by atoms with Crippen molar-refractivity contribution in [2.75, 3.05) is 27.1 Å². The molecule has 0 radical (unpaired) electrons. The molecule has 0 amide bonds. The number of rotatable bonds is 4. The molecular weight excluding hydrogens is 454 g/mol. The topological polar surface area (TPSA) is 79.2 Å². The summed E-state index contributed by atoms with van der Waals surface area (Å²) in [6, 6.07) is 7.59. The molecule has 0 saturated heterocycles. The standard InChI is InChI=1S/C22H20BrNO6/c1-27-15-5-4-13-18(21(15)28-8-7-25)22(26)24-6-2-3-12-9-16-17(30-11-29-16)10-14(12)20(24)19(13)23/h4-5,9-10,25H,2-3,6-8,11H2,1H3. The molecule has 1 N–H and O–H groups in total. The normalized spacial score (nSPS) is 14.2. The van der Waals surface area contributed by atoms with Crippen LogP contribution in [0, 0.1) is 0 Å². The van der Waals surface area contributed by atoms with Crippen molar-refractivity contribution < 1.29 is 24.1 Å². The summed E-state index contributed by atoms with van der Waals surface area (Å²) in [7, 11) is 1.53. The Morgan fingerprint density at radius 1 is 1.23 bits per heavy atom. The smallest absolute Gasteiger partial charge is 0.262 e. The highest BCUT2D eigenvalue weighted by Gasteiger charge is 2.27. The van der Waals surface area contributed by atoms with Crippen molar-refractivity contribution >= 4 is 26.7 Å². The minimum Gasteiger partial charge on any atom is -0.493 e. The van der Waals surface area contributed by atoms with Crippen molar-refractivity contribution in [3.63, 3.8) is 0 Å². The fourth-order valence-electron chi connectivity index (χ4n) is 4.21. The Bertz CT molecular complexity index is 1220. The molecule has 0 saturated carbocycles. The highest BCUT2D eigenvalue weighted by atomic mass is 79.9. The van der Waals surface area contributed by atoms with Gasteiger partial charge >= 0.3 is 0 Å². The maximum atomic E-state index is 13.7. The van der Waals surface area contributed by atoms with Crippen molar-refractivity contribution in [1.82, 2.24) is 4.57 Å². The Morgan fingerprint density at radius 3 is 2.80 bits per heavy atom. The van der Waals surface area contributed by atoms with Crippen LogP contribution in [0.25, 0.3) is 22.0 Å². The van der Waals surface area contributed by atoms with Crippen molar-refractivity contribution in [1.29, 1.82) is 0 Å². The summed E-state index contributed by atoms with van der Waals surface area (Å²) in [5, 5.41) is 10.4. The molecule has 0 bridgehead atoms. The van der Waals surface area contributed by atoms with Crippen LogP contribution >= 0.6 is 15.9 Å². The molecule has 0 unspecified atom stereocenters. The number of ether oxygens (including phenoxy) is 4. The van der Waals surface area contributed by atoms with E-state index in [1.807, 2.05) is 18.2 Å². The van der Waals surface area contributed by atoms with Gasteiger partial charge in [0.2, 0.25) is 6.79 Å². The van der Waals surface area contributed by atoms with Gasteiger partial charge in [0, 0.05) is 17.5 Å². The van der Waals surface area contributed by atoms with Gasteiger partial charge in [-0.1, -0.05) is 0 Å². The molecule has 2 aliphatic rings. The second kappa shape index (κ2) is 7.52. The van der Waals surface area contributed by atoms with Crippen molar-refractivity contribution in [2.24, 2.45) is 0 Å². The third-order valence-corrected chi connectivity index (χ3v) is 6.34. The van der Waals surface area contributed by atoms with Gasteiger partial charge in [-0.2, -0.15) is 0 Å². The van der Waals surface area contributed by atoms with E-state index in [9.17, 15) is 9.90 Å². The average Bonchev–Trinajstić information content (AvgIpc) is 3.13. The van der Waals surface area contributed by atoms with Crippen LogP contribution in [0.15, 0.2) is 33.5 Å². The lowest BCUT2D eigenvalue weighted by Crippen LogP contribution is -2.23. The van der Waals surface area contributed by atoms with Crippen LogP contribution < -0.4 is 24.5 Å². The SMILES string of the molecule is COc1ccc2c(Br)c3n(c(=O)c2c1OCCO)CCCc1cc2c(cc1-3)OCO2. The summed E-state index contributed by atoms with van der Waals surface area (Å²) in [6.45, 7) is 0.684. The molecule has 156 valence electrons. The molecule has 3 heterocycles. The summed E-state index contributed by atoms with van der Waals surface area (Å²) >= 11 is 3.76. The molecule has 3 aromatic rings. The Balaban J connectivity index is 1.84. The van der Waals surface area contributed by atoms with Crippen molar-refractivity contribution in [3.8, 4) is 34.3 Å². The van der Waals surface area contributed by atoms with Crippen LogP contribution in [0.3, 0.4) is 0 Å². The quantitative estimate of drug-likeness (QED) is 0.624. The Labute approximate surface area is 180 Å². The van der Waals surface area contributed by atoms with E-state index in [1.165, 1.54) is 7.11 Å². The lowest BCUT2D eigenvalue weighted by atomic mass is 9.99. The molecule has 30 heavy (non-hydrogen) atoms.